The first-order valence-electron chi connectivity index (χ1n) is 41.2. The average molecular weight is 1480 g/mol. The van der Waals surface area contributed by atoms with Gasteiger partial charge in [-0.05, 0) is 141 Å². The van der Waals surface area contributed by atoms with E-state index in [1.807, 2.05) is 0 Å². The lowest BCUT2D eigenvalue weighted by molar-refractivity contribution is -0.161. The lowest BCUT2D eigenvalue weighted by Gasteiger charge is -2.21. The minimum absolute atomic E-state index is 0.0808. The molecule has 0 radical (unpaired) electrons. The van der Waals surface area contributed by atoms with E-state index in [9.17, 15) is 43.2 Å². The number of aliphatic hydroxyl groups is 1. The van der Waals surface area contributed by atoms with Gasteiger partial charge in [0.05, 0.1) is 26.4 Å². The van der Waals surface area contributed by atoms with Crippen molar-refractivity contribution in [3.8, 4) is 0 Å². The SMILES string of the molecule is CCCCCC=CCC=CCCCCCCCC(=O)OCC(COP(=O)(O)OCC(O)COP(=O)(O)OCC(COC(=O)CCCCCCCCCC=CCCCCCCCC)OC(=O)CCCCCCCC=CCC=CCCCCC)OC(=O)CCCCCCCC=CCCCCCCCC. The van der Waals surface area contributed by atoms with Crippen molar-refractivity contribution in [2.24, 2.45) is 0 Å². The maximum Gasteiger partial charge on any atom is 0.472 e. The molecular formula is C83H150O17P2. The van der Waals surface area contributed by atoms with Crippen molar-refractivity contribution in [1.29, 1.82) is 0 Å². The second kappa shape index (κ2) is 75.7. The lowest BCUT2D eigenvalue weighted by Crippen LogP contribution is -2.30. The normalized spacial score (nSPS) is 14.2. The van der Waals surface area contributed by atoms with Gasteiger partial charge in [0.1, 0.15) is 19.3 Å². The third kappa shape index (κ3) is 74.8. The Hall–Kier alpha value is -3.50. The van der Waals surface area contributed by atoms with Gasteiger partial charge in [0.2, 0.25) is 0 Å². The maximum atomic E-state index is 13.1. The molecule has 0 aliphatic carbocycles. The molecule has 0 aromatic carbocycles. The van der Waals surface area contributed by atoms with Crippen LogP contribution in [0.5, 0.6) is 0 Å². The number of rotatable bonds is 78. The Morgan fingerprint density at radius 3 is 0.755 bits per heavy atom. The number of phosphoric acid groups is 2. The van der Waals surface area contributed by atoms with Gasteiger partial charge in [-0.2, -0.15) is 0 Å². The molecule has 0 amide bonds. The predicted molar refractivity (Wildman–Crippen MR) is 418 cm³/mol. The fourth-order valence-electron chi connectivity index (χ4n) is 11.3. The second-order valence-electron chi connectivity index (χ2n) is 27.7. The molecule has 0 saturated carbocycles. The summed E-state index contributed by atoms with van der Waals surface area (Å²) in [7, 11) is -9.96. The van der Waals surface area contributed by atoms with E-state index in [2.05, 4.69) is 101 Å². The molecule has 0 heterocycles. The molecule has 0 spiro atoms. The molecule has 0 bridgehead atoms. The number of carbonyl (C=O) groups is 4. The molecule has 594 valence electrons. The van der Waals surface area contributed by atoms with Crippen LogP contribution >= 0.6 is 15.6 Å². The van der Waals surface area contributed by atoms with Crippen LogP contribution < -0.4 is 0 Å². The Morgan fingerprint density at radius 2 is 0.480 bits per heavy atom. The van der Waals surface area contributed by atoms with Crippen LogP contribution in [0.2, 0.25) is 0 Å². The van der Waals surface area contributed by atoms with E-state index in [0.717, 1.165) is 161 Å². The van der Waals surface area contributed by atoms with Gasteiger partial charge in [-0.3, -0.25) is 37.3 Å². The summed E-state index contributed by atoms with van der Waals surface area (Å²) in [5.41, 5.74) is 0. The van der Waals surface area contributed by atoms with E-state index in [1.54, 1.807) is 0 Å². The highest BCUT2D eigenvalue weighted by molar-refractivity contribution is 7.47. The van der Waals surface area contributed by atoms with Gasteiger partial charge in [-0.25, -0.2) is 9.13 Å². The molecule has 0 saturated heterocycles. The summed E-state index contributed by atoms with van der Waals surface area (Å²) in [6.45, 7) is 4.84. The van der Waals surface area contributed by atoms with E-state index in [0.29, 0.717) is 25.7 Å². The summed E-state index contributed by atoms with van der Waals surface area (Å²) >= 11 is 0. The van der Waals surface area contributed by atoms with E-state index >= 15 is 0 Å². The average Bonchev–Trinajstić information content (AvgIpc) is 0.926. The van der Waals surface area contributed by atoms with Crippen LogP contribution in [0.15, 0.2) is 72.9 Å². The molecule has 5 unspecified atom stereocenters. The van der Waals surface area contributed by atoms with Crippen LogP contribution in [0.4, 0.5) is 0 Å². The Labute approximate surface area is 622 Å². The van der Waals surface area contributed by atoms with Crippen molar-refractivity contribution < 1.29 is 80.2 Å². The zero-order valence-corrected chi connectivity index (χ0v) is 66.8. The van der Waals surface area contributed by atoms with E-state index < -0.39 is 97.5 Å². The Kier molecular flexibility index (Phi) is 73.1. The number of esters is 4. The Bertz CT molecular complexity index is 2210. The fraction of sp³-hybridized carbons (Fsp3) is 0.807. The van der Waals surface area contributed by atoms with Gasteiger partial charge in [0.25, 0.3) is 0 Å². The summed E-state index contributed by atoms with van der Waals surface area (Å²) in [5.74, 6) is -2.19. The van der Waals surface area contributed by atoms with Crippen LogP contribution in [-0.2, 0) is 65.4 Å². The quantitative estimate of drug-likeness (QED) is 0.0169. The maximum absolute atomic E-state index is 13.1. The zero-order valence-electron chi connectivity index (χ0n) is 65.0. The first kappa shape index (κ1) is 98.5. The highest BCUT2D eigenvalue weighted by Gasteiger charge is 2.30. The summed E-state index contributed by atoms with van der Waals surface area (Å²) < 4.78 is 68.7. The molecule has 0 aliphatic rings. The van der Waals surface area contributed by atoms with Gasteiger partial charge >= 0.3 is 39.5 Å². The number of hydrogen-bond acceptors (Lipinski definition) is 15. The number of unbranched alkanes of at least 4 members (excludes halogenated alkanes) is 40. The molecule has 0 aromatic rings. The van der Waals surface area contributed by atoms with Crippen molar-refractivity contribution in [1.82, 2.24) is 0 Å². The van der Waals surface area contributed by atoms with Gasteiger partial charge in [-0.1, -0.05) is 280 Å². The monoisotopic (exact) mass is 1480 g/mol. The van der Waals surface area contributed by atoms with Crippen molar-refractivity contribution in [3.05, 3.63) is 72.9 Å². The standard InChI is InChI=1S/C83H150O17P2/c1-5-9-13-17-21-25-29-33-37-38-42-44-48-52-56-60-64-68-81(86)94-74-79(100-83(88)70-66-62-58-54-50-46-41-36-32-28-24-20-16-12-8-4)76-98-102(91,92)96-72-77(84)71-95-101(89,90)97-75-78(99-82(87)69-65-61-57-53-49-45-40-35-31-27-23-19-15-11-7-3)73-93-80(85)67-63-59-55-51-47-43-39-34-30-26-22-18-14-10-6-2/h22,24,26,28,33-37,39-41,77-79,84H,5-21,23,25,27,29-32,38,42-76H2,1-4H3,(H,89,90)(H,91,92). The molecule has 17 nitrogen and oxygen atoms in total. The Morgan fingerprint density at radius 1 is 0.275 bits per heavy atom. The van der Waals surface area contributed by atoms with E-state index in [4.69, 9.17) is 37.0 Å². The molecule has 5 atom stereocenters. The highest BCUT2D eigenvalue weighted by atomic mass is 31.2. The number of phosphoric ester groups is 2. The van der Waals surface area contributed by atoms with Crippen LogP contribution in [0.25, 0.3) is 0 Å². The molecule has 19 heteroatoms. The molecule has 3 N–H and O–H groups in total. The van der Waals surface area contributed by atoms with E-state index in [-0.39, 0.29) is 25.7 Å². The first-order valence-corrected chi connectivity index (χ1v) is 44.2. The van der Waals surface area contributed by atoms with Crippen LogP contribution in [0.3, 0.4) is 0 Å². The smallest absolute Gasteiger partial charge is 0.462 e. The third-order valence-electron chi connectivity index (χ3n) is 17.6. The predicted octanol–water partition coefficient (Wildman–Crippen LogP) is 24.0. The van der Waals surface area contributed by atoms with Crippen LogP contribution in [-0.4, -0.2) is 96.7 Å². The number of hydrogen-bond donors (Lipinski definition) is 3. The second-order valence-corrected chi connectivity index (χ2v) is 30.6. The van der Waals surface area contributed by atoms with Crippen LogP contribution in [0.1, 0.15) is 374 Å². The molecule has 0 aromatic heterocycles. The molecule has 0 aliphatic heterocycles. The topological polar surface area (TPSA) is 237 Å². The minimum atomic E-state index is -4.98. The third-order valence-corrected chi connectivity index (χ3v) is 19.5. The summed E-state index contributed by atoms with van der Waals surface area (Å²) in [4.78, 5) is 73.1. The lowest BCUT2D eigenvalue weighted by atomic mass is 10.1. The number of allylic oxidation sites excluding steroid dienone is 12. The first-order chi connectivity index (χ1) is 49.7. The number of aliphatic hydroxyl groups excluding tert-OH is 1. The minimum Gasteiger partial charge on any atom is -0.462 e. The number of ether oxygens (including phenoxy) is 4. The van der Waals surface area contributed by atoms with Crippen molar-refractivity contribution in [2.75, 3.05) is 39.6 Å². The van der Waals surface area contributed by atoms with Gasteiger partial charge in [0.15, 0.2) is 12.2 Å². The molecule has 0 fully saturated rings. The van der Waals surface area contributed by atoms with Crippen molar-refractivity contribution in [3.63, 3.8) is 0 Å². The van der Waals surface area contributed by atoms with Gasteiger partial charge in [0, 0.05) is 25.7 Å². The number of carbonyl (C=O) groups excluding carboxylic acids is 4. The van der Waals surface area contributed by atoms with Crippen molar-refractivity contribution in [2.45, 2.75) is 393 Å². The van der Waals surface area contributed by atoms with Gasteiger partial charge in [-0.15, -0.1) is 0 Å². The fourth-order valence-corrected chi connectivity index (χ4v) is 12.9. The zero-order chi connectivity index (χ0) is 74.6. The summed E-state index contributed by atoms with van der Waals surface area (Å²) in [5, 5.41) is 10.6. The summed E-state index contributed by atoms with van der Waals surface area (Å²) in [6, 6.07) is 0. The largest absolute Gasteiger partial charge is 0.472 e. The molecule has 102 heavy (non-hydrogen) atoms. The van der Waals surface area contributed by atoms with E-state index in [1.165, 1.54) is 135 Å². The molecular weight excluding hydrogens is 1330 g/mol. The van der Waals surface area contributed by atoms with Gasteiger partial charge < -0.3 is 33.8 Å². The Balaban J connectivity index is 5.36. The molecule has 0 rings (SSSR count). The van der Waals surface area contributed by atoms with Crippen molar-refractivity contribution >= 4 is 39.5 Å². The van der Waals surface area contributed by atoms with Crippen LogP contribution in [0, 0.1) is 0 Å². The summed E-state index contributed by atoms with van der Waals surface area (Å²) in [6.07, 6.45) is 77.2. The highest BCUT2D eigenvalue weighted by Crippen LogP contribution is 2.45.